The molecule has 0 spiro atoms. The normalized spacial score (nSPS) is 20.1. The lowest BCUT2D eigenvalue weighted by molar-refractivity contribution is 0.0113. The van der Waals surface area contributed by atoms with Gasteiger partial charge >= 0.3 is 0 Å². The first-order chi connectivity index (χ1) is 15.0. The van der Waals surface area contributed by atoms with Gasteiger partial charge in [-0.1, -0.05) is 32.9 Å². The molecule has 0 amide bonds. The van der Waals surface area contributed by atoms with Crippen molar-refractivity contribution in [1.82, 2.24) is 24.5 Å². The molecule has 0 atom stereocenters. The van der Waals surface area contributed by atoms with Gasteiger partial charge in [0.15, 0.2) is 5.82 Å². The summed E-state index contributed by atoms with van der Waals surface area (Å²) in [7, 11) is 1.93. The van der Waals surface area contributed by atoms with Crippen molar-refractivity contribution in [2.45, 2.75) is 44.2 Å². The predicted octanol–water partition coefficient (Wildman–Crippen LogP) is 5.89. The fourth-order valence-corrected chi connectivity index (χ4v) is 4.66. The summed E-state index contributed by atoms with van der Waals surface area (Å²) in [6.07, 6.45) is 8.31. The second-order valence-electron chi connectivity index (χ2n) is 7.72. The maximum atomic E-state index is 15.0. The summed E-state index contributed by atoms with van der Waals surface area (Å²) in [6.45, 7) is 6.08. The van der Waals surface area contributed by atoms with Crippen molar-refractivity contribution in [1.29, 1.82) is 0 Å². The molecule has 1 aliphatic rings. The number of para-hydroxylation sites is 1. The number of anilines is 1. The molecule has 1 fully saturated rings. The number of pyridine rings is 1. The van der Waals surface area contributed by atoms with Crippen LogP contribution < -0.4 is 4.72 Å². The van der Waals surface area contributed by atoms with Crippen molar-refractivity contribution >= 4 is 28.5 Å². The molecule has 0 aliphatic heterocycles. The Balaban J connectivity index is 0.00000112. The number of rotatable bonds is 5. The largest absolute Gasteiger partial charge is 0.324 e. The zero-order chi connectivity index (χ0) is 22.0. The Morgan fingerprint density at radius 2 is 1.97 bits per heavy atom. The first kappa shape index (κ1) is 21.4. The minimum absolute atomic E-state index is 0.430. The highest BCUT2D eigenvalue weighted by Gasteiger charge is 2.44. The number of aryl methyl sites for hydroxylation is 1. The van der Waals surface area contributed by atoms with Gasteiger partial charge in [0.05, 0.1) is 28.5 Å². The number of hydrogen-bond donors (Lipinski definition) is 1. The van der Waals surface area contributed by atoms with E-state index in [4.69, 9.17) is 0 Å². The topological polar surface area (TPSA) is 60.6 Å². The minimum Gasteiger partial charge on any atom is -0.324 e. The van der Waals surface area contributed by atoms with Crippen LogP contribution in [-0.2, 0) is 12.7 Å². The van der Waals surface area contributed by atoms with Gasteiger partial charge in [0.25, 0.3) is 0 Å². The number of halogens is 1. The number of nitrogens with zero attached hydrogens (tertiary/aromatic N) is 5. The molecular formula is C23H27FN6S. The lowest BCUT2D eigenvalue weighted by Gasteiger charge is -2.40. The highest BCUT2D eigenvalue weighted by atomic mass is 32.2. The molecule has 0 saturated heterocycles. The second-order valence-corrected chi connectivity index (χ2v) is 8.60. The summed E-state index contributed by atoms with van der Waals surface area (Å²) < 4.78 is 21.9. The summed E-state index contributed by atoms with van der Waals surface area (Å²) in [4.78, 5) is 5.30. The molecule has 4 aromatic rings. The smallest absolute Gasteiger partial charge is 0.153 e. The van der Waals surface area contributed by atoms with Gasteiger partial charge in [0.1, 0.15) is 5.67 Å². The quantitative estimate of drug-likeness (QED) is 0.394. The number of nitrogens with one attached hydrogen (secondary N) is 1. The van der Waals surface area contributed by atoms with E-state index in [1.54, 1.807) is 29.2 Å². The number of aromatic nitrogens is 5. The first-order valence-electron chi connectivity index (χ1n) is 10.6. The highest BCUT2D eigenvalue weighted by molar-refractivity contribution is 8.00. The lowest BCUT2D eigenvalue weighted by Crippen LogP contribution is -2.35. The van der Waals surface area contributed by atoms with Crippen LogP contribution in [-0.4, -0.2) is 24.5 Å². The fourth-order valence-electron chi connectivity index (χ4n) is 4.02. The van der Waals surface area contributed by atoms with Gasteiger partial charge in [-0.3, -0.25) is 4.68 Å². The van der Waals surface area contributed by atoms with Crippen LogP contribution in [0.3, 0.4) is 0 Å². The van der Waals surface area contributed by atoms with Crippen molar-refractivity contribution in [3.8, 4) is 5.82 Å². The molecule has 162 valence electrons. The molecule has 0 bridgehead atoms. The molecule has 1 saturated carbocycles. The average molecular weight is 439 g/mol. The van der Waals surface area contributed by atoms with E-state index in [9.17, 15) is 4.39 Å². The average Bonchev–Trinajstić information content (AvgIpc) is 3.40. The third-order valence-electron chi connectivity index (χ3n) is 5.44. The van der Waals surface area contributed by atoms with Crippen LogP contribution in [0.2, 0.25) is 0 Å². The Hall–Kier alpha value is -2.87. The predicted molar refractivity (Wildman–Crippen MR) is 124 cm³/mol. The molecule has 1 N–H and O–H groups in total. The summed E-state index contributed by atoms with van der Waals surface area (Å²) in [5, 5.41) is 9.80. The van der Waals surface area contributed by atoms with Gasteiger partial charge in [0.2, 0.25) is 0 Å². The summed E-state index contributed by atoms with van der Waals surface area (Å²) in [5.74, 6) is 1.05. The molecule has 1 aliphatic carbocycles. The van der Waals surface area contributed by atoms with Crippen LogP contribution in [0.5, 0.6) is 0 Å². The Morgan fingerprint density at radius 1 is 1.16 bits per heavy atom. The van der Waals surface area contributed by atoms with E-state index in [-0.39, 0.29) is 0 Å². The van der Waals surface area contributed by atoms with Crippen LogP contribution in [0.4, 0.5) is 10.1 Å². The zero-order valence-electron chi connectivity index (χ0n) is 18.2. The van der Waals surface area contributed by atoms with Crippen molar-refractivity contribution in [2.75, 3.05) is 4.72 Å². The molecule has 1 aromatic carbocycles. The molecule has 0 radical (unpaired) electrons. The lowest BCUT2D eigenvalue weighted by atomic mass is 9.70. The highest BCUT2D eigenvalue weighted by Crippen LogP contribution is 2.48. The van der Waals surface area contributed by atoms with E-state index in [0.717, 1.165) is 21.5 Å². The Labute approximate surface area is 186 Å². The molecule has 31 heavy (non-hydrogen) atoms. The van der Waals surface area contributed by atoms with Gasteiger partial charge in [-0.2, -0.15) is 10.2 Å². The standard InChI is InChI=1S/C21H21FN6S.C2H6/c1-14-9-21(22,10-14)16-6-7-23-19(8-16)28-13-17(12-25-28)29-26-18-5-3-4-15-11-24-27(2)20(15)18;1-2/h3-8,11-14,26H,9-10H2,1-2H3;1-2H3. The van der Waals surface area contributed by atoms with Crippen LogP contribution >= 0.6 is 11.9 Å². The maximum Gasteiger partial charge on any atom is 0.153 e. The third kappa shape index (κ3) is 4.17. The van der Waals surface area contributed by atoms with E-state index in [0.29, 0.717) is 30.1 Å². The van der Waals surface area contributed by atoms with E-state index in [1.807, 2.05) is 56.2 Å². The van der Waals surface area contributed by atoms with Crippen molar-refractivity contribution in [2.24, 2.45) is 13.0 Å². The molecule has 3 heterocycles. The fraction of sp³-hybridized carbons (Fsp3) is 0.348. The van der Waals surface area contributed by atoms with Gasteiger partial charge in [0, 0.05) is 24.8 Å². The van der Waals surface area contributed by atoms with E-state index in [2.05, 4.69) is 26.8 Å². The molecule has 6 nitrogen and oxygen atoms in total. The summed E-state index contributed by atoms with van der Waals surface area (Å²) >= 11 is 1.47. The molecule has 8 heteroatoms. The Bertz CT molecular complexity index is 1180. The van der Waals surface area contributed by atoms with Crippen LogP contribution in [0.25, 0.3) is 16.7 Å². The third-order valence-corrected chi connectivity index (χ3v) is 6.21. The van der Waals surface area contributed by atoms with Gasteiger partial charge < -0.3 is 4.72 Å². The van der Waals surface area contributed by atoms with Crippen molar-refractivity contribution in [3.63, 3.8) is 0 Å². The monoisotopic (exact) mass is 438 g/mol. The molecule has 0 unspecified atom stereocenters. The van der Waals surface area contributed by atoms with Crippen molar-refractivity contribution in [3.05, 3.63) is 60.7 Å². The Kier molecular flexibility index (Phi) is 6.00. The molecule has 5 rings (SSSR count). The SMILES string of the molecule is CC.CC1CC(F)(c2ccnc(-n3cc(SNc4cccc5cnn(C)c45)cn3)c2)C1. The van der Waals surface area contributed by atoms with E-state index >= 15 is 0 Å². The van der Waals surface area contributed by atoms with Crippen molar-refractivity contribution < 1.29 is 4.39 Å². The number of hydrogen-bond acceptors (Lipinski definition) is 5. The summed E-state index contributed by atoms with van der Waals surface area (Å²) in [6, 6.07) is 9.63. The summed E-state index contributed by atoms with van der Waals surface area (Å²) in [5.41, 5.74) is 1.49. The minimum atomic E-state index is -1.23. The van der Waals surface area contributed by atoms with Gasteiger partial charge in [-0.15, -0.1) is 0 Å². The van der Waals surface area contributed by atoms with Crippen LogP contribution in [0, 0.1) is 5.92 Å². The number of fused-ring (bicyclic) bond motifs is 1. The Morgan fingerprint density at radius 3 is 2.74 bits per heavy atom. The van der Waals surface area contributed by atoms with Gasteiger partial charge in [-0.25, -0.2) is 14.1 Å². The van der Waals surface area contributed by atoms with Crippen LogP contribution in [0.1, 0.15) is 39.2 Å². The van der Waals surface area contributed by atoms with E-state index < -0.39 is 5.67 Å². The molecule has 3 aromatic heterocycles. The first-order valence-corrected chi connectivity index (χ1v) is 11.4. The van der Waals surface area contributed by atoms with Crippen LogP contribution in [0.15, 0.2) is 60.0 Å². The number of alkyl halides is 1. The van der Waals surface area contributed by atoms with Gasteiger partial charge in [-0.05, 0) is 54.5 Å². The van der Waals surface area contributed by atoms with E-state index in [1.165, 1.54) is 11.9 Å². The zero-order valence-corrected chi connectivity index (χ0v) is 19.0. The number of benzene rings is 1. The molecular weight excluding hydrogens is 411 g/mol. The maximum absolute atomic E-state index is 15.0. The second kappa shape index (κ2) is 8.70.